The molecule has 0 unspecified atom stereocenters. The molecule has 2 nitrogen and oxygen atoms in total. The van der Waals surface area contributed by atoms with E-state index in [-0.39, 0.29) is 6.42 Å². The van der Waals surface area contributed by atoms with Crippen molar-refractivity contribution in [3.05, 3.63) is 29.8 Å². The summed E-state index contributed by atoms with van der Waals surface area (Å²) in [4.78, 5) is 11.2. The van der Waals surface area contributed by atoms with Crippen molar-refractivity contribution in [2.45, 2.75) is 30.8 Å². The lowest BCUT2D eigenvalue weighted by Crippen LogP contribution is -2.07. The topological polar surface area (TPSA) is 37.3 Å². The normalized spacial score (nSPS) is 12.4. The quantitative estimate of drug-likeness (QED) is 0.752. The summed E-state index contributed by atoms with van der Waals surface area (Å²) in [7, 11) is 0. The second kappa shape index (κ2) is 6.64. The summed E-state index contributed by atoms with van der Waals surface area (Å²) in [5, 5.41) is 9.30. The Bertz CT molecular complexity index is 295. The predicted molar refractivity (Wildman–Crippen MR) is 62.8 cm³/mol. The Hall–Kier alpha value is -0.800. The molecule has 1 radical (unpaired) electrons. The third-order valence-corrected chi connectivity index (χ3v) is 3.11. The SMILES string of the molecule is Cc1ccc(SCC[C@H](O)C[C]=O)cc1. The van der Waals surface area contributed by atoms with Crippen LogP contribution in [0.3, 0.4) is 0 Å². The first-order valence-electron chi connectivity index (χ1n) is 4.95. The van der Waals surface area contributed by atoms with E-state index < -0.39 is 6.10 Å². The van der Waals surface area contributed by atoms with Gasteiger partial charge < -0.3 is 5.11 Å². The van der Waals surface area contributed by atoms with E-state index in [0.717, 1.165) is 5.75 Å². The molecule has 3 heteroatoms. The number of hydrogen-bond donors (Lipinski definition) is 1. The van der Waals surface area contributed by atoms with Crippen LogP contribution in [0.1, 0.15) is 18.4 Å². The standard InChI is InChI=1S/C12H15O2S/c1-10-2-4-12(5-3-10)15-9-7-11(14)6-8-13/h2-5,11,14H,6-7,9H2,1H3/t11-/m1/s1. The van der Waals surface area contributed by atoms with E-state index in [1.165, 1.54) is 10.5 Å². The lowest BCUT2D eigenvalue weighted by Gasteiger charge is -2.06. The number of rotatable bonds is 6. The average Bonchev–Trinajstić information content (AvgIpc) is 2.21. The molecule has 1 rings (SSSR count). The van der Waals surface area contributed by atoms with E-state index in [2.05, 4.69) is 31.2 Å². The van der Waals surface area contributed by atoms with Gasteiger partial charge in [0.15, 0.2) is 0 Å². The van der Waals surface area contributed by atoms with Crippen LogP contribution in [0.5, 0.6) is 0 Å². The molecule has 0 aliphatic rings. The van der Waals surface area contributed by atoms with Crippen molar-refractivity contribution in [2.75, 3.05) is 5.75 Å². The zero-order valence-corrected chi connectivity index (χ0v) is 9.59. The fourth-order valence-corrected chi connectivity index (χ4v) is 2.10. The Morgan fingerprint density at radius 3 is 2.67 bits per heavy atom. The first kappa shape index (κ1) is 12.3. The van der Waals surface area contributed by atoms with Gasteiger partial charge in [0.05, 0.1) is 6.10 Å². The monoisotopic (exact) mass is 223 g/mol. The molecule has 1 N–H and O–H groups in total. The third kappa shape index (κ3) is 5.00. The molecule has 1 atom stereocenters. The molecule has 0 aromatic heterocycles. The molecule has 1 aromatic rings. The van der Waals surface area contributed by atoms with Crippen LogP contribution in [-0.2, 0) is 4.79 Å². The first-order chi connectivity index (χ1) is 7.22. The molecule has 81 valence electrons. The molecule has 0 fully saturated rings. The van der Waals surface area contributed by atoms with Crippen LogP contribution in [0.4, 0.5) is 0 Å². The Morgan fingerprint density at radius 1 is 1.40 bits per heavy atom. The maximum Gasteiger partial charge on any atom is 0.201 e. The number of aliphatic hydroxyl groups is 1. The van der Waals surface area contributed by atoms with Crippen LogP contribution < -0.4 is 0 Å². The van der Waals surface area contributed by atoms with Gasteiger partial charge in [-0.2, -0.15) is 0 Å². The van der Waals surface area contributed by atoms with Gasteiger partial charge in [-0.15, -0.1) is 11.8 Å². The maximum atomic E-state index is 9.99. The van der Waals surface area contributed by atoms with Crippen LogP contribution >= 0.6 is 11.8 Å². The highest BCUT2D eigenvalue weighted by atomic mass is 32.2. The summed E-state index contributed by atoms with van der Waals surface area (Å²) in [5.41, 5.74) is 1.25. The van der Waals surface area contributed by atoms with Gasteiger partial charge in [0.25, 0.3) is 0 Å². The second-order valence-electron chi connectivity index (χ2n) is 3.45. The molecule has 0 saturated heterocycles. The average molecular weight is 223 g/mol. The van der Waals surface area contributed by atoms with E-state index in [1.807, 2.05) is 0 Å². The molecule has 0 spiro atoms. The minimum atomic E-state index is -0.541. The summed E-state index contributed by atoms with van der Waals surface area (Å²) in [6.45, 7) is 2.05. The number of carbonyl (C=O) groups excluding carboxylic acids is 1. The highest BCUT2D eigenvalue weighted by Crippen LogP contribution is 2.19. The maximum absolute atomic E-state index is 9.99. The number of aliphatic hydroxyl groups excluding tert-OH is 1. The minimum Gasteiger partial charge on any atom is -0.393 e. The molecule has 0 aliphatic carbocycles. The molecular weight excluding hydrogens is 208 g/mol. The molecule has 0 heterocycles. The largest absolute Gasteiger partial charge is 0.393 e. The van der Waals surface area contributed by atoms with Crippen molar-refractivity contribution in [2.24, 2.45) is 0 Å². The Balaban J connectivity index is 2.25. The van der Waals surface area contributed by atoms with Crippen molar-refractivity contribution in [1.29, 1.82) is 0 Å². The molecule has 0 aliphatic heterocycles. The summed E-state index contributed by atoms with van der Waals surface area (Å²) >= 11 is 1.69. The van der Waals surface area contributed by atoms with Gasteiger partial charge in [0, 0.05) is 17.1 Å². The van der Waals surface area contributed by atoms with E-state index in [4.69, 9.17) is 0 Å². The molecule has 0 amide bonds. The summed E-state index contributed by atoms with van der Waals surface area (Å²) in [6, 6.07) is 8.27. The molecule has 0 saturated carbocycles. The summed E-state index contributed by atoms with van der Waals surface area (Å²) in [6.07, 6.45) is 1.93. The second-order valence-corrected chi connectivity index (χ2v) is 4.62. The first-order valence-corrected chi connectivity index (χ1v) is 5.93. The summed E-state index contributed by atoms with van der Waals surface area (Å²) in [5.74, 6) is 0.825. The van der Waals surface area contributed by atoms with Gasteiger partial charge in [0.1, 0.15) is 0 Å². The van der Waals surface area contributed by atoms with E-state index in [1.54, 1.807) is 18.0 Å². The van der Waals surface area contributed by atoms with E-state index in [9.17, 15) is 9.90 Å². The Morgan fingerprint density at radius 2 is 2.07 bits per heavy atom. The summed E-state index contributed by atoms with van der Waals surface area (Å²) < 4.78 is 0. The van der Waals surface area contributed by atoms with Gasteiger partial charge in [-0.25, -0.2) is 0 Å². The van der Waals surface area contributed by atoms with E-state index >= 15 is 0 Å². The van der Waals surface area contributed by atoms with Gasteiger partial charge in [-0.3, -0.25) is 4.79 Å². The van der Waals surface area contributed by atoms with Crippen molar-refractivity contribution in [3.8, 4) is 0 Å². The smallest absolute Gasteiger partial charge is 0.201 e. The number of aryl methyl sites for hydroxylation is 1. The van der Waals surface area contributed by atoms with Crippen molar-refractivity contribution in [1.82, 2.24) is 0 Å². The Labute approximate surface area is 94.7 Å². The van der Waals surface area contributed by atoms with Gasteiger partial charge in [-0.1, -0.05) is 17.7 Å². The molecule has 1 aromatic carbocycles. The van der Waals surface area contributed by atoms with Crippen LogP contribution in [0.25, 0.3) is 0 Å². The Kier molecular flexibility index (Phi) is 5.43. The van der Waals surface area contributed by atoms with Crippen LogP contribution in [0.2, 0.25) is 0 Å². The van der Waals surface area contributed by atoms with Crippen molar-refractivity contribution in [3.63, 3.8) is 0 Å². The van der Waals surface area contributed by atoms with Crippen molar-refractivity contribution >= 4 is 18.0 Å². The highest BCUT2D eigenvalue weighted by Gasteiger charge is 2.03. The fraction of sp³-hybridized carbons (Fsp3) is 0.417. The number of hydrogen-bond acceptors (Lipinski definition) is 3. The lowest BCUT2D eigenvalue weighted by molar-refractivity contribution is 0.178. The molecule has 15 heavy (non-hydrogen) atoms. The van der Waals surface area contributed by atoms with Crippen LogP contribution in [0.15, 0.2) is 29.2 Å². The van der Waals surface area contributed by atoms with Crippen LogP contribution in [0, 0.1) is 6.92 Å². The fourth-order valence-electron chi connectivity index (χ4n) is 1.15. The number of benzene rings is 1. The number of thioether (sulfide) groups is 1. The minimum absolute atomic E-state index is 0.120. The van der Waals surface area contributed by atoms with Crippen molar-refractivity contribution < 1.29 is 9.90 Å². The molecular formula is C12H15O2S. The lowest BCUT2D eigenvalue weighted by atomic mass is 10.2. The van der Waals surface area contributed by atoms with Crippen LogP contribution in [-0.4, -0.2) is 23.2 Å². The van der Waals surface area contributed by atoms with Gasteiger partial charge in [-0.05, 0) is 25.5 Å². The zero-order chi connectivity index (χ0) is 11.1. The zero-order valence-electron chi connectivity index (χ0n) is 8.77. The highest BCUT2D eigenvalue weighted by molar-refractivity contribution is 7.99. The van der Waals surface area contributed by atoms with Gasteiger partial charge in [0.2, 0.25) is 6.29 Å². The third-order valence-electron chi connectivity index (χ3n) is 2.06. The van der Waals surface area contributed by atoms with E-state index in [0.29, 0.717) is 6.42 Å². The molecule has 0 bridgehead atoms. The predicted octanol–water partition coefficient (Wildman–Crippen LogP) is 2.34. The van der Waals surface area contributed by atoms with Gasteiger partial charge >= 0.3 is 0 Å².